The maximum atomic E-state index is 4.79. The number of nitrogens with zero attached hydrogens (tertiary/aromatic N) is 2. The Bertz CT molecular complexity index is 201. The first kappa shape index (κ1) is 6.70. The minimum atomic E-state index is 1.46. The van der Waals surface area contributed by atoms with Gasteiger partial charge in [-0.2, -0.15) is 0 Å². The van der Waals surface area contributed by atoms with Crippen molar-refractivity contribution >= 4 is 25.6 Å². The average Bonchev–Trinajstić information content (AvgIpc) is 1.99. The van der Waals surface area contributed by atoms with Crippen molar-refractivity contribution in [3.05, 3.63) is 24.9 Å². The second kappa shape index (κ2) is 2.93. The second-order valence-electron chi connectivity index (χ2n) is 1.35. The highest BCUT2D eigenvalue weighted by atomic mass is 32.1. The Morgan fingerprint density at radius 2 is 1.44 bits per heavy atom. The van der Waals surface area contributed by atoms with E-state index in [1.54, 1.807) is 12.4 Å². The van der Waals surface area contributed by atoms with Crippen molar-refractivity contribution in [1.82, 2.24) is 8.17 Å². The molecule has 0 aromatic carbocycles. The molecule has 9 heavy (non-hydrogen) atoms. The minimum Gasteiger partial charge on any atom is -0.469 e. The lowest BCUT2D eigenvalue weighted by atomic mass is 11.0. The normalized spacial score (nSPS) is 9.11. The number of aromatic nitrogens is 2. The van der Waals surface area contributed by atoms with Gasteiger partial charge in [-0.05, 0) is 25.6 Å². The van der Waals surface area contributed by atoms with Gasteiger partial charge in [0.2, 0.25) is 0 Å². The van der Waals surface area contributed by atoms with Gasteiger partial charge in [-0.25, -0.2) is 8.17 Å². The maximum absolute atomic E-state index is 4.79. The molecule has 0 saturated heterocycles. The molecular formula is C4H6N2OS2. The minimum absolute atomic E-state index is 1.46. The van der Waals surface area contributed by atoms with Crippen molar-refractivity contribution in [3.8, 4) is 0 Å². The van der Waals surface area contributed by atoms with Gasteiger partial charge in [0.1, 0.15) is 12.5 Å². The van der Waals surface area contributed by atoms with Gasteiger partial charge in [0.05, 0.1) is 12.4 Å². The van der Waals surface area contributed by atoms with Crippen LogP contribution in [0.1, 0.15) is 0 Å². The van der Waals surface area contributed by atoms with Gasteiger partial charge < -0.3 is 4.42 Å². The summed E-state index contributed by atoms with van der Waals surface area (Å²) in [6.45, 7) is 0. The maximum Gasteiger partial charge on any atom is 0.109 e. The Kier molecular flexibility index (Phi) is 2.18. The van der Waals surface area contributed by atoms with Crippen molar-refractivity contribution in [1.29, 1.82) is 0 Å². The zero-order chi connectivity index (χ0) is 6.69. The third-order valence-electron chi connectivity index (χ3n) is 0.755. The van der Waals surface area contributed by atoms with Crippen LogP contribution in [0.15, 0.2) is 29.3 Å². The standard InChI is InChI=1S/C4H6N2OS2/c8-5-1-3-7-4-2-6(5)9/h1-4,8-9H. The fourth-order valence-electron chi connectivity index (χ4n) is 0.361. The molecule has 50 valence electrons. The Hall–Kier alpha value is -0.420. The molecule has 0 amide bonds. The van der Waals surface area contributed by atoms with Crippen LogP contribution in [0.3, 0.4) is 0 Å². The van der Waals surface area contributed by atoms with Gasteiger partial charge >= 0.3 is 0 Å². The number of rotatable bonds is 0. The predicted octanol–water partition coefficient (Wildman–Crippen LogP) is 1.39. The number of hydrogen-bond donors (Lipinski definition) is 2. The van der Waals surface area contributed by atoms with Crippen LogP contribution >= 0.6 is 25.6 Å². The number of hydrogen-bond acceptors (Lipinski definition) is 3. The zero-order valence-electron chi connectivity index (χ0n) is 4.51. The molecule has 0 spiro atoms. The summed E-state index contributed by atoms with van der Waals surface area (Å²) in [6.07, 6.45) is 6.24. The third-order valence-corrected chi connectivity index (χ3v) is 1.55. The quantitative estimate of drug-likeness (QED) is 0.553. The molecule has 0 saturated carbocycles. The molecule has 0 aliphatic heterocycles. The van der Waals surface area contributed by atoms with E-state index in [1.165, 1.54) is 20.7 Å². The average molecular weight is 162 g/mol. The van der Waals surface area contributed by atoms with Gasteiger partial charge in [0, 0.05) is 0 Å². The number of thiol groups is 2. The lowest BCUT2D eigenvalue weighted by Gasteiger charge is -1.95. The lowest BCUT2D eigenvalue weighted by molar-refractivity contribution is 0.554. The molecule has 0 bridgehead atoms. The fraction of sp³-hybridized carbons (Fsp3) is 0. The monoisotopic (exact) mass is 162 g/mol. The first-order valence-corrected chi connectivity index (χ1v) is 3.05. The zero-order valence-corrected chi connectivity index (χ0v) is 6.30. The molecule has 5 heteroatoms. The van der Waals surface area contributed by atoms with E-state index in [-0.39, 0.29) is 0 Å². The van der Waals surface area contributed by atoms with Crippen LogP contribution in [0.25, 0.3) is 0 Å². The molecule has 1 rings (SSSR count). The summed E-state index contributed by atoms with van der Waals surface area (Å²) in [7, 11) is 0. The van der Waals surface area contributed by atoms with E-state index in [0.717, 1.165) is 0 Å². The Labute approximate surface area is 63.7 Å². The topological polar surface area (TPSA) is 23.0 Å². The van der Waals surface area contributed by atoms with E-state index in [4.69, 9.17) is 4.42 Å². The summed E-state index contributed by atoms with van der Waals surface area (Å²) in [5.74, 6) is 0. The molecule has 0 fully saturated rings. The molecule has 3 nitrogen and oxygen atoms in total. The molecular weight excluding hydrogens is 156 g/mol. The Morgan fingerprint density at radius 3 is 1.89 bits per heavy atom. The SMILES string of the molecule is Sn1ccoccn1S. The van der Waals surface area contributed by atoms with E-state index in [0.29, 0.717) is 0 Å². The summed E-state index contributed by atoms with van der Waals surface area (Å²) in [5, 5.41) is 0. The first-order valence-electron chi connectivity index (χ1n) is 2.25. The molecule has 1 aromatic rings. The van der Waals surface area contributed by atoms with Crippen LogP contribution in [-0.2, 0) is 0 Å². The summed E-state index contributed by atoms with van der Waals surface area (Å²) in [6, 6.07) is 0. The van der Waals surface area contributed by atoms with Gasteiger partial charge in [-0.15, -0.1) is 0 Å². The Balaban J connectivity index is 3.24. The highest BCUT2D eigenvalue weighted by molar-refractivity contribution is 7.81. The largest absolute Gasteiger partial charge is 0.469 e. The van der Waals surface area contributed by atoms with Crippen molar-refractivity contribution in [2.24, 2.45) is 0 Å². The summed E-state index contributed by atoms with van der Waals surface area (Å²) < 4.78 is 7.72. The van der Waals surface area contributed by atoms with Crippen molar-refractivity contribution < 1.29 is 4.42 Å². The lowest BCUT2D eigenvalue weighted by Crippen LogP contribution is -1.91. The van der Waals surface area contributed by atoms with Crippen LogP contribution in [0, 0.1) is 0 Å². The molecule has 0 unspecified atom stereocenters. The van der Waals surface area contributed by atoms with Crippen molar-refractivity contribution in [3.63, 3.8) is 0 Å². The highest BCUT2D eigenvalue weighted by Crippen LogP contribution is 1.91. The van der Waals surface area contributed by atoms with Crippen LogP contribution in [0.5, 0.6) is 0 Å². The molecule has 1 aromatic heterocycles. The molecule has 0 atom stereocenters. The van der Waals surface area contributed by atoms with E-state index < -0.39 is 0 Å². The van der Waals surface area contributed by atoms with E-state index >= 15 is 0 Å². The van der Waals surface area contributed by atoms with E-state index in [1.807, 2.05) is 0 Å². The van der Waals surface area contributed by atoms with E-state index in [9.17, 15) is 0 Å². The van der Waals surface area contributed by atoms with Crippen molar-refractivity contribution in [2.75, 3.05) is 0 Å². The van der Waals surface area contributed by atoms with Gasteiger partial charge in [-0.3, -0.25) is 0 Å². The second-order valence-corrected chi connectivity index (χ2v) is 2.17. The van der Waals surface area contributed by atoms with Gasteiger partial charge in [0.15, 0.2) is 0 Å². The van der Waals surface area contributed by atoms with Crippen LogP contribution in [0.4, 0.5) is 0 Å². The molecule has 0 radical (unpaired) electrons. The molecule has 1 heterocycles. The third kappa shape index (κ3) is 1.76. The van der Waals surface area contributed by atoms with Crippen LogP contribution in [0.2, 0.25) is 0 Å². The molecule has 0 aliphatic carbocycles. The van der Waals surface area contributed by atoms with Gasteiger partial charge in [0.25, 0.3) is 0 Å². The summed E-state index contributed by atoms with van der Waals surface area (Å²) in [5.41, 5.74) is 0. The Morgan fingerprint density at radius 1 is 1.00 bits per heavy atom. The summed E-state index contributed by atoms with van der Waals surface area (Å²) in [4.78, 5) is 0. The highest BCUT2D eigenvalue weighted by Gasteiger charge is 1.77. The van der Waals surface area contributed by atoms with Crippen LogP contribution in [-0.4, -0.2) is 8.17 Å². The fourth-order valence-corrected chi connectivity index (χ4v) is 0.589. The van der Waals surface area contributed by atoms with Crippen molar-refractivity contribution in [2.45, 2.75) is 0 Å². The van der Waals surface area contributed by atoms with Gasteiger partial charge in [-0.1, -0.05) is 0 Å². The first-order chi connectivity index (χ1) is 4.30. The summed E-state index contributed by atoms with van der Waals surface area (Å²) >= 11 is 7.98. The molecule has 0 N–H and O–H groups in total. The smallest absolute Gasteiger partial charge is 0.109 e. The van der Waals surface area contributed by atoms with E-state index in [2.05, 4.69) is 25.6 Å². The molecule has 0 aliphatic rings. The predicted molar refractivity (Wildman–Crippen MR) is 41.1 cm³/mol. The van der Waals surface area contributed by atoms with Crippen LogP contribution < -0.4 is 0 Å².